The van der Waals surface area contributed by atoms with E-state index in [4.69, 9.17) is 0 Å². The van der Waals surface area contributed by atoms with Gasteiger partial charge in [0.05, 0.1) is 0 Å². The van der Waals surface area contributed by atoms with Gasteiger partial charge in [0.15, 0.2) is 29.1 Å². The summed E-state index contributed by atoms with van der Waals surface area (Å²) in [5, 5.41) is 6.21. The summed E-state index contributed by atoms with van der Waals surface area (Å²) in [5.41, 5.74) is 0.172. The van der Waals surface area contributed by atoms with E-state index >= 15 is 0 Å². The van der Waals surface area contributed by atoms with E-state index in [0.717, 1.165) is 50.3 Å². The van der Waals surface area contributed by atoms with Gasteiger partial charge in [-0.2, -0.15) is 0 Å². The van der Waals surface area contributed by atoms with E-state index in [-0.39, 0.29) is 24.0 Å². The Morgan fingerprint density at radius 1 is 0.822 bits per heavy atom. The first-order chi connectivity index (χ1) is 21.5. The summed E-state index contributed by atoms with van der Waals surface area (Å²) >= 11 is 0. The molecule has 5 nitrogen and oxygen atoms in total. The van der Waals surface area contributed by atoms with Crippen molar-refractivity contribution < 1.29 is 35.9 Å². The van der Waals surface area contributed by atoms with E-state index in [9.17, 15) is 35.9 Å². The van der Waals surface area contributed by atoms with Gasteiger partial charge < -0.3 is 10.6 Å². The molecule has 2 aliphatic rings. The van der Waals surface area contributed by atoms with Crippen LogP contribution in [0.3, 0.4) is 0 Å². The van der Waals surface area contributed by atoms with Crippen LogP contribution in [0.25, 0.3) is 12.2 Å². The molecule has 1 saturated heterocycles. The number of hydrogen-bond donors (Lipinski definition) is 2. The Morgan fingerprint density at radius 2 is 1.36 bits per heavy atom. The van der Waals surface area contributed by atoms with Crippen molar-refractivity contribution in [3.63, 3.8) is 0 Å². The molecule has 45 heavy (non-hydrogen) atoms. The number of nitrogens with one attached hydrogen (secondary N) is 2. The minimum atomic E-state index is -1.41. The minimum absolute atomic E-state index is 0.0849. The zero-order valence-corrected chi connectivity index (χ0v) is 24.4. The van der Waals surface area contributed by atoms with Crippen LogP contribution in [0.1, 0.15) is 54.1 Å². The lowest BCUT2D eigenvalue weighted by molar-refractivity contribution is -0.113. The van der Waals surface area contributed by atoms with Crippen LogP contribution in [0.2, 0.25) is 0 Å². The summed E-state index contributed by atoms with van der Waals surface area (Å²) in [4.78, 5) is 29.0. The molecule has 0 unspecified atom stereocenters. The van der Waals surface area contributed by atoms with Crippen LogP contribution in [-0.2, 0) is 4.79 Å². The fourth-order valence-electron chi connectivity index (χ4n) is 5.80. The highest BCUT2D eigenvalue weighted by molar-refractivity contribution is 6.14. The lowest BCUT2D eigenvalue weighted by Crippen LogP contribution is -2.39. The van der Waals surface area contributed by atoms with Gasteiger partial charge in [0.1, 0.15) is 11.6 Å². The predicted octanol–water partition coefficient (Wildman–Crippen LogP) is 7.05. The van der Waals surface area contributed by atoms with E-state index < -0.39 is 63.8 Å². The second kappa shape index (κ2) is 13.7. The SMILES string of the molecule is CCN1CCC[C@H]1CNc1ccc(C(=O)NC2C/C(=C\c3cc(F)c(F)cc3F)C(=O)/C(=C/c3cc(F)c(F)cc3F)C2)cc1. The first-order valence-corrected chi connectivity index (χ1v) is 14.7. The van der Waals surface area contributed by atoms with E-state index in [2.05, 4.69) is 22.5 Å². The summed E-state index contributed by atoms with van der Waals surface area (Å²) in [6.07, 6.45) is 4.09. The van der Waals surface area contributed by atoms with Crippen molar-refractivity contribution in [3.05, 3.63) is 111 Å². The van der Waals surface area contributed by atoms with Crippen molar-refractivity contribution in [2.45, 2.75) is 44.7 Å². The van der Waals surface area contributed by atoms with Gasteiger partial charge in [-0.3, -0.25) is 14.5 Å². The van der Waals surface area contributed by atoms with E-state index in [1.807, 2.05) is 0 Å². The van der Waals surface area contributed by atoms with Crippen LogP contribution in [0, 0.1) is 34.9 Å². The smallest absolute Gasteiger partial charge is 0.251 e. The predicted molar refractivity (Wildman–Crippen MR) is 159 cm³/mol. The van der Waals surface area contributed by atoms with Gasteiger partial charge in [-0.15, -0.1) is 0 Å². The number of carbonyl (C=O) groups is 2. The third-order valence-corrected chi connectivity index (χ3v) is 8.18. The van der Waals surface area contributed by atoms with E-state index in [0.29, 0.717) is 35.9 Å². The first-order valence-electron chi connectivity index (χ1n) is 14.7. The number of Topliss-reactive ketones (excluding diaryl/α,β-unsaturated/α-hetero) is 1. The molecule has 3 aromatic rings. The number of ketones is 1. The summed E-state index contributed by atoms with van der Waals surface area (Å²) < 4.78 is 83.6. The number of carbonyl (C=O) groups excluding carboxylic acids is 2. The van der Waals surface area contributed by atoms with Crippen LogP contribution in [0.4, 0.5) is 32.0 Å². The molecule has 2 N–H and O–H groups in total. The zero-order valence-electron chi connectivity index (χ0n) is 24.4. The molecule has 1 aliphatic carbocycles. The standard InChI is InChI=1S/C34H31F6N3O2/c1-2-43-9-3-4-26(43)18-41-24-7-5-19(6-8-24)34(45)42-25-12-22(10-20-14-29(37)31(39)16-27(20)35)33(44)23(13-25)11-21-15-30(38)32(40)17-28(21)36/h5-8,10-11,14-17,25-26,41H,2-4,9,12-13,18H2,1H3,(H,42,45)/b22-10+,23-11+/t26-/m0/s1. The number of nitrogens with zero attached hydrogens (tertiary/aromatic N) is 1. The van der Waals surface area contributed by atoms with Gasteiger partial charge in [0.2, 0.25) is 0 Å². The average molecular weight is 628 g/mol. The summed E-state index contributed by atoms with van der Waals surface area (Å²) in [6.45, 7) is 4.97. The largest absolute Gasteiger partial charge is 0.383 e. The topological polar surface area (TPSA) is 61.4 Å². The molecule has 236 valence electrons. The number of amides is 1. The Morgan fingerprint density at radius 3 is 1.89 bits per heavy atom. The van der Waals surface area contributed by atoms with Crippen LogP contribution in [0.15, 0.2) is 59.7 Å². The molecular formula is C34H31F6N3O2. The van der Waals surface area contributed by atoms with Gasteiger partial charge in [0.25, 0.3) is 5.91 Å². The number of anilines is 1. The maximum Gasteiger partial charge on any atom is 0.251 e. The fraction of sp³-hybridized carbons (Fsp3) is 0.294. The molecule has 2 fully saturated rings. The maximum atomic E-state index is 14.5. The molecule has 1 saturated carbocycles. The monoisotopic (exact) mass is 627 g/mol. The molecule has 0 spiro atoms. The van der Waals surface area contributed by atoms with Crippen molar-refractivity contribution in [2.75, 3.05) is 25.0 Å². The van der Waals surface area contributed by atoms with E-state index in [1.54, 1.807) is 24.3 Å². The number of benzene rings is 3. The molecule has 1 atom stereocenters. The lowest BCUT2D eigenvalue weighted by atomic mass is 9.83. The molecule has 0 bridgehead atoms. The zero-order chi connectivity index (χ0) is 32.2. The number of likely N-dealkylation sites (N-methyl/N-ethyl adjacent to an activating group) is 1. The van der Waals surface area contributed by atoms with Crippen LogP contribution < -0.4 is 10.6 Å². The minimum Gasteiger partial charge on any atom is -0.383 e. The van der Waals surface area contributed by atoms with Crippen LogP contribution in [-0.4, -0.2) is 48.3 Å². The number of rotatable bonds is 8. The number of likely N-dealkylation sites (tertiary alicyclic amines) is 1. The van der Waals surface area contributed by atoms with Gasteiger partial charge >= 0.3 is 0 Å². The highest BCUT2D eigenvalue weighted by atomic mass is 19.2. The molecule has 5 rings (SSSR count). The number of hydrogen-bond acceptors (Lipinski definition) is 4. The average Bonchev–Trinajstić information content (AvgIpc) is 3.47. The Labute approximate surface area is 256 Å². The van der Waals surface area contributed by atoms with Crippen LogP contribution >= 0.6 is 0 Å². The normalized spacial score (nSPS) is 20.6. The van der Waals surface area contributed by atoms with Crippen molar-refractivity contribution >= 4 is 29.5 Å². The van der Waals surface area contributed by atoms with E-state index in [1.165, 1.54) is 0 Å². The van der Waals surface area contributed by atoms with Crippen molar-refractivity contribution in [1.82, 2.24) is 10.2 Å². The van der Waals surface area contributed by atoms with Crippen molar-refractivity contribution in [3.8, 4) is 0 Å². The molecule has 1 aliphatic heterocycles. The molecular weight excluding hydrogens is 596 g/mol. The van der Waals surface area contributed by atoms with Crippen molar-refractivity contribution in [1.29, 1.82) is 0 Å². The lowest BCUT2D eigenvalue weighted by Gasteiger charge is -2.27. The molecule has 11 heteroatoms. The van der Waals surface area contributed by atoms with Gasteiger partial charge in [-0.05, 0) is 87.3 Å². The summed E-state index contributed by atoms with van der Waals surface area (Å²) in [7, 11) is 0. The summed E-state index contributed by atoms with van der Waals surface area (Å²) in [5.74, 6) is -8.92. The highest BCUT2D eigenvalue weighted by Gasteiger charge is 2.30. The van der Waals surface area contributed by atoms with Crippen LogP contribution in [0.5, 0.6) is 0 Å². The Bertz CT molecular complexity index is 1590. The maximum absolute atomic E-state index is 14.5. The Balaban J connectivity index is 1.37. The summed E-state index contributed by atoms with van der Waals surface area (Å²) in [6, 6.07) is 8.36. The highest BCUT2D eigenvalue weighted by Crippen LogP contribution is 2.31. The first kappa shape index (κ1) is 32.0. The van der Waals surface area contributed by atoms with Gasteiger partial charge in [-0.1, -0.05) is 6.92 Å². The van der Waals surface area contributed by atoms with Crippen molar-refractivity contribution in [2.24, 2.45) is 0 Å². The molecule has 0 radical (unpaired) electrons. The third kappa shape index (κ3) is 7.47. The number of halogens is 6. The third-order valence-electron chi connectivity index (χ3n) is 8.18. The molecule has 1 heterocycles. The van der Waals surface area contributed by atoms with Gasteiger partial charge in [0, 0.05) is 64.3 Å². The second-order valence-electron chi connectivity index (χ2n) is 11.2. The van der Waals surface area contributed by atoms with Gasteiger partial charge in [-0.25, -0.2) is 26.3 Å². The Hall–Kier alpha value is -4.38. The molecule has 3 aromatic carbocycles. The molecule has 1 amide bonds. The Kier molecular flexibility index (Phi) is 9.77. The fourth-order valence-corrected chi connectivity index (χ4v) is 5.80. The second-order valence-corrected chi connectivity index (χ2v) is 11.2. The quantitative estimate of drug-likeness (QED) is 0.160. The molecule has 0 aromatic heterocycles.